The van der Waals surface area contributed by atoms with Crippen molar-refractivity contribution in [3.63, 3.8) is 0 Å². The predicted molar refractivity (Wildman–Crippen MR) is 93.5 cm³/mol. The van der Waals surface area contributed by atoms with E-state index >= 15 is 0 Å². The third-order valence-corrected chi connectivity index (χ3v) is 3.81. The summed E-state index contributed by atoms with van der Waals surface area (Å²) in [6.07, 6.45) is 1.84. The molecule has 1 aromatic heterocycles. The van der Waals surface area contributed by atoms with E-state index in [0.29, 0.717) is 0 Å². The monoisotopic (exact) mass is 285 g/mol. The summed E-state index contributed by atoms with van der Waals surface area (Å²) in [5, 5.41) is 5.70. The standard InChI is InChI=1S/C20H15NO/c1-2-14-7-9-15(10-8-14)21-16-11-12-20-18(13-16)17-5-3-4-6-19(17)22-20/h2-13,21H,1H2. The number of furan rings is 1. The van der Waals surface area contributed by atoms with Crippen molar-refractivity contribution in [3.05, 3.63) is 78.9 Å². The molecule has 0 fully saturated rings. The first-order valence-corrected chi connectivity index (χ1v) is 7.24. The Balaban J connectivity index is 1.74. The third kappa shape index (κ3) is 2.15. The fraction of sp³-hybridized carbons (Fsp3) is 0. The molecule has 2 nitrogen and oxygen atoms in total. The van der Waals surface area contributed by atoms with Gasteiger partial charge in [0.05, 0.1) is 0 Å². The minimum atomic E-state index is 0.911. The molecule has 0 spiro atoms. The van der Waals surface area contributed by atoms with E-state index in [1.54, 1.807) is 0 Å². The van der Waals surface area contributed by atoms with Crippen LogP contribution in [0.2, 0.25) is 0 Å². The lowest BCUT2D eigenvalue weighted by Gasteiger charge is -2.06. The zero-order valence-electron chi connectivity index (χ0n) is 12.0. The minimum absolute atomic E-state index is 0.911. The van der Waals surface area contributed by atoms with Gasteiger partial charge in [-0.1, -0.05) is 43.0 Å². The molecule has 0 unspecified atom stereocenters. The van der Waals surface area contributed by atoms with Gasteiger partial charge in [-0.3, -0.25) is 0 Å². The normalized spacial score (nSPS) is 10.9. The second-order valence-corrected chi connectivity index (χ2v) is 5.26. The predicted octanol–water partition coefficient (Wildman–Crippen LogP) is 5.97. The molecule has 3 aromatic carbocycles. The molecule has 0 bridgehead atoms. The van der Waals surface area contributed by atoms with Crippen molar-refractivity contribution in [2.75, 3.05) is 5.32 Å². The number of nitrogens with one attached hydrogen (secondary N) is 1. The average Bonchev–Trinajstić information content (AvgIpc) is 2.94. The Morgan fingerprint density at radius 2 is 1.50 bits per heavy atom. The van der Waals surface area contributed by atoms with Crippen LogP contribution in [-0.4, -0.2) is 0 Å². The van der Waals surface area contributed by atoms with Gasteiger partial charge in [-0.15, -0.1) is 0 Å². The second-order valence-electron chi connectivity index (χ2n) is 5.26. The first kappa shape index (κ1) is 12.7. The Hall–Kier alpha value is -3.00. The molecular weight excluding hydrogens is 270 g/mol. The van der Waals surface area contributed by atoms with Gasteiger partial charge < -0.3 is 9.73 Å². The van der Waals surface area contributed by atoms with Crippen molar-refractivity contribution in [2.24, 2.45) is 0 Å². The van der Waals surface area contributed by atoms with Crippen molar-refractivity contribution < 1.29 is 4.42 Å². The summed E-state index contributed by atoms with van der Waals surface area (Å²) in [5.41, 5.74) is 5.05. The van der Waals surface area contributed by atoms with Crippen molar-refractivity contribution in [3.8, 4) is 0 Å². The van der Waals surface area contributed by atoms with Gasteiger partial charge in [0, 0.05) is 22.1 Å². The molecule has 0 radical (unpaired) electrons. The molecule has 0 amide bonds. The number of anilines is 2. The molecule has 0 aliphatic heterocycles. The highest BCUT2D eigenvalue weighted by Crippen LogP contribution is 2.31. The maximum absolute atomic E-state index is 5.85. The van der Waals surface area contributed by atoms with Gasteiger partial charge in [0.25, 0.3) is 0 Å². The fourth-order valence-electron chi connectivity index (χ4n) is 2.67. The van der Waals surface area contributed by atoms with E-state index in [1.165, 1.54) is 0 Å². The van der Waals surface area contributed by atoms with E-state index in [9.17, 15) is 0 Å². The number of fused-ring (bicyclic) bond motifs is 3. The molecule has 4 rings (SSSR count). The molecule has 106 valence electrons. The van der Waals surface area contributed by atoms with Gasteiger partial charge >= 0.3 is 0 Å². The molecule has 0 aliphatic rings. The topological polar surface area (TPSA) is 25.2 Å². The molecule has 22 heavy (non-hydrogen) atoms. The largest absolute Gasteiger partial charge is 0.456 e. The van der Waals surface area contributed by atoms with Crippen LogP contribution in [0.4, 0.5) is 11.4 Å². The summed E-state index contributed by atoms with van der Waals surface area (Å²) < 4.78 is 5.85. The first-order chi connectivity index (χ1) is 10.8. The van der Waals surface area contributed by atoms with Crippen molar-refractivity contribution >= 4 is 39.4 Å². The van der Waals surface area contributed by atoms with Gasteiger partial charge in [0.15, 0.2) is 0 Å². The lowest BCUT2D eigenvalue weighted by molar-refractivity contribution is 0.669. The van der Waals surface area contributed by atoms with Gasteiger partial charge in [-0.25, -0.2) is 0 Å². The first-order valence-electron chi connectivity index (χ1n) is 7.24. The summed E-state index contributed by atoms with van der Waals surface area (Å²) in [5.74, 6) is 0. The van der Waals surface area contributed by atoms with Crippen LogP contribution in [0, 0.1) is 0 Å². The molecule has 1 heterocycles. The zero-order chi connectivity index (χ0) is 14.9. The van der Waals surface area contributed by atoms with Crippen LogP contribution in [-0.2, 0) is 0 Å². The Morgan fingerprint density at radius 1 is 0.773 bits per heavy atom. The fourth-order valence-corrected chi connectivity index (χ4v) is 2.67. The number of para-hydroxylation sites is 1. The minimum Gasteiger partial charge on any atom is -0.456 e. The Labute approximate surface area is 128 Å². The van der Waals surface area contributed by atoms with Gasteiger partial charge in [-0.2, -0.15) is 0 Å². The van der Waals surface area contributed by atoms with Crippen molar-refractivity contribution in [2.45, 2.75) is 0 Å². The maximum atomic E-state index is 5.85. The second kappa shape index (κ2) is 5.08. The summed E-state index contributed by atoms with van der Waals surface area (Å²) in [7, 11) is 0. The van der Waals surface area contributed by atoms with Crippen LogP contribution in [0.1, 0.15) is 5.56 Å². The SMILES string of the molecule is C=Cc1ccc(Nc2ccc3oc4ccccc4c3c2)cc1. The average molecular weight is 285 g/mol. The van der Waals surface area contributed by atoms with E-state index in [2.05, 4.69) is 36.2 Å². The van der Waals surface area contributed by atoms with E-state index < -0.39 is 0 Å². The number of hydrogen-bond acceptors (Lipinski definition) is 2. The highest BCUT2D eigenvalue weighted by molar-refractivity contribution is 6.06. The van der Waals surface area contributed by atoms with Crippen LogP contribution in [0.15, 0.2) is 77.7 Å². The van der Waals surface area contributed by atoms with E-state index in [1.807, 2.05) is 48.5 Å². The Bertz CT molecular complexity index is 964. The Kier molecular flexibility index (Phi) is 2.94. The van der Waals surface area contributed by atoms with Crippen molar-refractivity contribution in [1.29, 1.82) is 0 Å². The van der Waals surface area contributed by atoms with Crippen LogP contribution < -0.4 is 5.32 Å². The zero-order valence-corrected chi connectivity index (χ0v) is 12.0. The molecule has 0 saturated heterocycles. The lowest BCUT2D eigenvalue weighted by Crippen LogP contribution is -1.89. The molecule has 4 aromatic rings. The van der Waals surface area contributed by atoms with Crippen molar-refractivity contribution in [1.82, 2.24) is 0 Å². The number of hydrogen-bond donors (Lipinski definition) is 1. The molecule has 0 saturated carbocycles. The van der Waals surface area contributed by atoms with E-state index in [-0.39, 0.29) is 0 Å². The maximum Gasteiger partial charge on any atom is 0.135 e. The van der Waals surface area contributed by atoms with Gasteiger partial charge in [0.2, 0.25) is 0 Å². The van der Waals surface area contributed by atoms with Crippen LogP contribution >= 0.6 is 0 Å². The highest BCUT2D eigenvalue weighted by atomic mass is 16.3. The van der Waals surface area contributed by atoms with E-state index in [4.69, 9.17) is 4.42 Å². The van der Waals surface area contributed by atoms with Crippen LogP contribution in [0.3, 0.4) is 0 Å². The summed E-state index contributed by atoms with van der Waals surface area (Å²) in [6, 6.07) is 22.5. The summed E-state index contributed by atoms with van der Waals surface area (Å²) >= 11 is 0. The highest BCUT2D eigenvalue weighted by Gasteiger charge is 2.06. The quantitative estimate of drug-likeness (QED) is 0.501. The van der Waals surface area contributed by atoms with Crippen LogP contribution in [0.25, 0.3) is 28.0 Å². The molecule has 0 atom stereocenters. The number of benzene rings is 3. The van der Waals surface area contributed by atoms with Crippen LogP contribution in [0.5, 0.6) is 0 Å². The molecule has 1 N–H and O–H groups in total. The lowest BCUT2D eigenvalue weighted by atomic mass is 10.1. The summed E-state index contributed by atoms with van der Waals surface area (Å²) in [6.45, 7) is 3.77. The molecule has 2 heteroatoms. The van der Waals surface area contributed by atoms with Gasteiger partial charge in [0.1, 0.15) is 11.2 Å². The van der Waals surface area contributed by atoms with Gasteiger partial charge in [-0.05, 0) is 42.0 Å². The Morgan fingerprint density at radius 3 is 2.32 bits per heavy atom. The summed E-state index contributed by atoms with van der Waals surface area (Å²) in [4.78, 5) is 0. The third-order valence-electron chi connectivity index (χ3n) is 3.81. The van der Waals surface area contributed by atoms with E-state index in [0.717, 1.165) is 38.9 Å². The number of rotatable bonds is 3. The molecular formula is C20H15NO. The molecule has 0 aliphatic carbocycles. The smallest absolute Gasteiger partial charge is 0.135 e.